The van der Waals surface area contributed by atoms with E-state index in [9.17, 15) is 9.59 Å². The third-order valence-electron chi connectivity index (χ3n) is 3.21. The number of aromatic nitrogens is 1. The van der Waals surface area contributed by atoms with Crippen LogP contribution in [0, 0.1) is 13.8 Å². The number of nitrogens with zero attached hydrogens (tertiary/aromatic N) is 1. The molecule has 0 spiro atoms. The Morgan fingerprint density at radius 2 is 2.05 bits per heavy atom. The van der Waals surface area contributed by atoms with Crippen LogP contribution in [-0.2, 0) is 20.9 Å². The molecule has 1 aromatic rings. The van der Waals surface area contributed by atoms with Crippen LogP contribution in [0.15, 0.2) is 4.52 Å². The topological polar surface area (TPSA) is 102 Å². The number of carboxylic acids is 1. The van der Waals surface area contributed by atoms with Gasteiger partial charge in [-0.15, -0.1) is 0 Å². The van der Waals surface area contributed by atoms with E-state index in [1.165, 1.54) is 0 Å². The van der Waals surface area contributed by atoms with Gasteiger partial charge in [0.15, 0.2) is 6.10 Å². The summed E-state index contributed by atoms with van der Waals surface area (Å²) < 4.78 is 10.2. The fraction of sp³-hybridized carbons (Fsp3) is 0.583. The van der Waals surface area contributed by atoms with Crippen LogP contribution in [-0.4, -0.2) is 34.3 Å². The first kappa shape index (κ1) is 13.5. The first-order valence-corrected chi connectivity index (χ1v) is 6.06. The molecule has 1 aliphatic heterocycles. The lowest BCUT2D eigenvalue weighted by Gasteiger charge is -2.11. The summed E-state index contributed by atoms with van der Waals surface area (Å²) in [4.78, 5) is 22.6. The second-order valence-corrected chi connectivity index (χ2v) is 4.55. The molecule has 1 amide bonds. The van der Waals surface area contributed by atoms with Crippen LogP contribution < -0.4 is 5.32 Å². The lowest BCUT2D eigenvalue weighted by Crippen LogP contribution is -2.35. The van der Waals surface area contributed by atoms with Crippen molar-refractivity contribution in [2.24, 2.45) is 0 Å². The van der Waals surface area contributed by atoms with Gasteiger partial charge < -0.3 is 19.7 Å². The maximum Gasteiger partial charge on any atom is 0.332 e. The summed E-state index contributed by atoms with van der Waals surface area (Å²) in [6.45, 7) is 3.87. The first-order valence-electron chi connectivity index (χ1n) is 6.06. The van der Waals surface area contributed by atoms with Crippen molar-refractivity contribution in [3.8, 4) is 0 Å². The lowest BCUT2D eigenvalue weighted by atomic mass is 10.1. The van der Waals surface area contributed by atoms with Crippen molar-refractivity contribution in [3.63, 3.8) is 0 Å². The van der Waals surface area contributed by atoms with Crippen molar-refractivity contribution in [2.45, 2.75) is 45.4 Å². The zero-order valence-corrected chi connectivity index (χ0v) is 10.8. The molecule has 2 heterocycles. The Labute approximate surface area is 109 Å². The van der Waals surface area contributed by atoms with Gasteiger partial charge in [0.25, 0.3) is 0 Å². The maximum atomic E-state index is 11.9. The number of aliphatic carboxylic acids is 1. The maximum absolute atomic E-state index is 11.9. The van der Waals surface area contributed by atoms with Gasteiger partial charge in [0.05, 0.1) is 5.69 Å². The monoisotopic (exact) mass is 268 g/mol. The Hall–Kier alpha value is -1.89. The predicted molar refractivity (Wildman–Crippen MR) is 63.4 cm³/mol. The van der Waals surface area contributed by atoms with Crippen LogP contribution >= 0.6 is 0 Å². The Morgan fingerprint density at radius 3 is 2.58 bits per heavy atom. The number of hydrogen-bond donors (Lipinski definition) is 2. The van der Waals surface area contributed by atoms with Crippen molar-refractivity contribution in [3.05, 3.63) is 17.0 Å². The van der Waals surface area contributed by atoms with Gasteiger partial charge in [-0.05, 0) is 26.7 Å². The van der Waals surface area contributed by atoms with Crippen molar-refractivity contribution in [1.29, 1.82) is 0 Å². The second kappa shape index (κ2) is 5.40. The van der Waals surface area contributed by atoms with E-state index in [0.717, 1.165) is 11.3 Å². The van der Waals surface area contributed by atoms with Gasteiger partial charge in [0.2, 0.25) is 5.91 Å². The van der Waals surface area contributed by atoms with Crippen molar-refractivity contribution in [2.75, 3.05) is 0 Å². The number of hydrogen-bond acceptors (Lipinski definition) is 5. The number of carbonyl (C=O) groups excluding carboxylic acids is 1. The average Bonchev–Trinajstić information content (AvgIpc) is 2.95. The zero-order chi connectivity index (χ0) is 14.0. The van der Waals surface area contributed by atoms with Gasteiger partial charge >= 0.3 is 5.97 Å². The first-order chi connectivity index (χ1) is 8.99. The molecule has 19 heavy (non-hydrogen) atoms. The van der Waals surface area contributed by atoms with Gasteiger partial charge in [-0.2, -0.15) is 0 Å². The van der Waals surface area contributed by atoms with Gasteiger partial charge in [0, 0.05) is 12.1 Å². The minimum absolute atomic E-state index is 0.302. The standard InChI is InChI=1S/C12H16N2O5/c1-6-8(7(2)19-14-6)5-13-11(15)9-3-4-10(18-9)12(16)17/h9-10H,3-5H2,1-2H3,(H,13,15)(H,16,17)/t9-,10+/m0/s1. The quantitative estimate of drug-likeness (QED) is 0.826. The van der Waals surface area contributed by atoms with Gasteiger partial charge in [-0.3, -0.25) is 4.79 Å². The lowest BCUT2D eigenvalue weighted by molar-refractivity contribution is -0.151. The molecule has 0 aromatic carbocycles. The number of ether oxygens (including phenoxy) is 1. The van der Waals surface area contributed by atoms with E-state index in [4.69, 9.17) is 14.4 Å². The minimum atomic E-state index is -1.03. The number of carbonyl (C=O) groups is 2. The van der Waals surface area contributed by atoms with Crippen LogP contribution in [0.3, 0.4) is 0 Å². The Balaban J connectivity index is 1.87. The van der Waals surface area contributed by atoms with Crippen LogP contribution in [0.4, 0.5) is 0 Å². The van der Waals surface area contributed by atoms with Crippen LogP contribution in [0.25, 0.3) is 0 Å². The fourth-order valence-electron chi connectivity index (χ4n) is 2.06. The Morgan fingerprint density at radius 1 is 1.37 bits per heavy atom. The molecule has 0 radical (unpaired) electrons. The molecule has 1 saturated heterocycles. The highest BCUT2D eigenvalue weighted by Crippen LogP contribution is 2.20. The van der Waals surface area contributed by atoms with E-state index in [2.05, 4.69) is 10.5 Å². The van der Waals surface area contributed by atoms with E-state index in [1.54, 1.807) is 13.8 Å². The largest absolute Gasteiger partial charge is 0.479 e. The molecule has 2 rings (SSSR count). The molecule has 1 aliphatic rings. The third kappa shape index (κ3) is 2.93. The number of aryl methyl sites for hydroxylation is 2. The molecule has 1 aromatic heterocycles. The highest BCUT2D eigenvalue weighted by atomic mass is 16.5. The van der Waals surface area contributed by atoms with E-state index in [1.807, 2.05) is 0 Å². The fourth-order valence-corrected chi connectivity index (χ4v) is 2.06. The summed E-state index contributed by atoms with van der Waals surface area (Å²) in [5.74, 6) is -0.668. The summed E-state index contributed by atoms with van der Waals surface area (Å²) >= 11 is 0. The SMILES string of the molecule is Cc1noc(C)c1CNC(=O)[C@@H]1CC[C@H](C(=O)O)O1. The minimum Gasteiger partial charge on any atom is -0.479 e. The third-order valence-corrected chi connectivity index (χ3v) is 3.21. The van der Waals surface area contributed by atoms with Gasteiger partial charge in [0.1, 0.15) is 11.9 Å². The number of rotatable bonds is 4. The molecule has 2 N–H and O–H groups in total. The zero-order valence-electron chi connectivity index (χ0n) is 10.8. The summed E-state index contributed by atoms with van der Waals surface area (Å²) in [5, 5.41) is 15.3. The van der Waals surface area contributed by atoms with E-state index >= 15 is 0 Å². The van der Waals surface area contributed by atoms with E-state index < -0.39 is 18.2 Å². The molecule has 7 heteroatoms. The smallest absolute Gasteiger partial charge is 0.332 e. The predicted octanol–water partition coefficient (Wildman–Crippen LogP) is 0.540. The average molecular weight is 268 g/mol. The molecule has 0 aliphatic carbocycles. The van der Waals surface area contributed by atoms with Crippen molar-refractivity contribution >= 4 is 11.9 Å². The molecule has 0 unspecified atom stereocenters. The summed E-state index contributed by atoms with van der Waals surface area (Å²) in [5.41, 5.74) is 1.56. The van der Waals surface area contributed by atoms with Gasteiger partial charge in [-0.25, -0.2) is 4.79 Å². The second-order valence-electron chi connectivity index (χ2n) is 4.55. The molecule has 0 saturated carbocycles. The van der Waals surface area contributed by atoms with E-state index in [0.29, 0.717) is 25.1 Å². The molecule has 7 nitrogen and oxygen atoms in total. The molecular weight excluding hydrogens is 252 g/mol. The molecule has 0 bridgehead atoms. The highest BCUT2D eigenvalue weighted by molar-refractivity contribution is 5.82. The van der Waals surface area contributed by atoms with Crippen LogP contribution in [0.1, 0.15) is 29.9 Å². The summed E-state index contributed by atoms with van der Waals surface area (Å²) in [6, 6.07) is 0. The highest BCUT2D eigenvalue weighted by Gasteiger charge is 2.34. The molecule has 2 atom stereocenters. The van der Waals surface area contributed by atoms with Crippen LogP contribution in [0.2, 0.25) is 0 Å². The summed E-state index contributed by atoms with van der Waals surface area (Å²) in [7, 11) is 0. The van der Waals surface area contributed by atoms with Crippen LogP contribution in [0.5, 0.6) is 0 Å². The molecule has 104 valence electrons. The normalized spacial score (nSPS) is 22.4. The number of nitrogens with one attached hydrogen (secondary N) is 1. The van der Waals surface area contributed by atoms with Crippen molar-refractivity contribution in [1.82, 2.24) is 10.5 Å². The van der Waals surface area contributed by atoms with Gasteiger partial charge in [-0.1, -0.05) is 5.16 Å². The molecule has 1 fully saturated rings. The molecular formula is C12H16N2O5. The van der Waals surface area contributed by atoms with Crippen molar-refractivity contribution < 1.29 is 24.0 Å². The Kier molecular flexibility index (Phi) is 3.84. The summed E-state index contributed by atoms with van der Waals surface area (Å²) in [6.07, 6.45) is -0.792. The number of amides is 1. The van der Waals surface area contributed by atoms with E-state index in [-0.39, 0.29) is 5.91 Å². The Bertz CT molecular complexity index is 477. The number of carboxylic acid groups (broad SMARTS) is 1.